The van der Waals surface area contributed by atoms with E-state index in [1.165, 1.54) is 23.1 Å². The van der Waals surface area contributed by atoms with Crippen LogP contribution in [0.15, 0.2) is 18.2 Å². The first-order valence-corrected chi connectivity index (χ1v) is 11.6. The number of carbonyl (C=O) groups is 1. The molecule has 1 heterocycles. The summed E-state index contributed by atoms with van der Waals surface area (Å²) in [6, 6.07) is 3.99. The molecule has 2 aliphatic rings. The topological polar surface area (TPSA) is 23.6 Å². The van der Waals surface area contributed by atoms with E-state index in [9.17, 15) is 9.18 Å². The zero-order chi connectivity index (χ0) is 21.9. The molecular weight excluding hydrogens is 406 g/mol. The van der Waals surface area contributed by atoms with Crippen molar-refractivity contribution < 1.29 is 13.6 Å². The van der Waals surface area contributed by atoms with Crippen molar-refractivity contribution in [1.29, 1.82) is 0 Å². The highest BCUT2D eigenvalue weighted by molar-refractivity contribution is 6.33. The molecule has 1 amide bonds. The molecule has 0 atom stereocenters. The maximum atomic E-state index is 15.9. The Morgan fingerprint density at radius 3 is 2.43 bits per heavy atom. The molecule has 0 aromatic heterocycles. The average molecular weight is 441 g/mol. The summed E-state index contributed by atoms with van der Waals surface area (Å²) in [5, 5.41) is 0.160. The molecular formula is C24H35ClF2N2O. The van der Waals surface area contributed by atoms with Gasteiger partial charge >= 0.3 is 0 Å². The zero-order valence-corrected chi connectivity index (χ0v) is 19.3. The molecule has 30 heavy (non-hydrogen) atoms. The van der Waals surface area contributed by atoms with Gasteiger partial charge in [-0.1, -0.05) is 45.2 Å². The van der Waals surface area contributed by atoms with Gasteiger partial charge in [0, 0.05) is 19.0 Å². The number of benzene rings is 1. The predicted molar refractivity (Wildman–Crippen MR) is 119 cm³/mol. The summed E-state index contributed by atoms with van der Waals surface area (Å²) in [4.78, 5) is 17.1. The second-order valence-electron chi connectivity index (χ2n) is 10.3. The predicted octanol–water partition coefficient (Wildman–Crippen LogP) is 6.24. The number of alkyl halides is 1. The Bertz CT molecular complexity index is 735. The molecule has 3 nitrogen and oxygen atoms in total. The van der Waals surface area contributed by atoms with E-state index in [2.05, 4.69) is 25.7 Å². The number of amides is 1. The highest BCUT2D eigenvalue weighted by atomic mass is 35.5. The minimum Gasteiger partial charge on any atom is -0.307 e. The number of hydrogen-bond acceptors (Lipinski definition) is 2. The van der Waals surface area contributed by atoms with Crippen molar-refractivity contribution in [2.45, 2.75) is 71.4 Å². The lowest BCUT2D eigenvalue weighted by Crippen LogP contribution is -2.51. The molecule has 2 fully saturated rings. The summed E-state index contributed by atoms with van der Waals surface area (Å²) in [7, 11) is 0. The van der Waals surface area contributed by atoms with Gasteiger partial charge in [-0.2, -0.15) is 0 Å². The SMILES string of the molecule is CC(C)(C)CCN1CCC(F)(CN(C(=O)C2CCCC2)c2ccc(F)cc2Cl)CC1. The third-order valence-corrected chi connectivity index (χ3v) is 6.85. The van der Waals surface area contributed by atoms with Crippen molar-refractivity contribution in [2.75, 3.05) is 31.1 Å². The molecule has 0 unspecified atom stereocenters. The van der Waals surface area contributed by atoms with Gasteiger partial charge in [-0.15, -0.1) is 0 Å². The third-order valence-electron chi connectivity index (χ3n) is 6.54. The standard InChI is InChI=1S/C24H35ClF2N2O/c1-23(2,3)10-13-28-14-11-24(27,12-15-28)17-29(22(30)18-6-4-5-7-18)21-9-8-19(26)16-20(21)25/h8-9,16,18H,4-7,10-15,17H2,1-3H3. The summed E-state index contributed by atoms with van der Waals surface area (Å²) in [6.07, 6.45) is 5.55. The van der Waals surface area contributed by atoms with Crippen molar-refractivity contribution in [3.05, 3.63) is 29.0 Å². The van der Waals surface area contributed by atoms with Gasteiger partial charge in [0.2, 0.25) is 5.91 Å². The van der Waals surface area contributed by atoms with E-state index >= 15 is 4.39 Å². The monoisotopic (exact) mass is 440 g/mol. The van der Waals surface area contributed by atoms with E-state index in [4.69, 9.17) is 11.6 Å². The van der Waals surface area contributed by atoms with Gasteiger partial charge in [0.15, 0.2) is 0 Å². The quantitative estimate of drug-likeness (QED) is 0.522. The van der Waals surface area contributed by atoms with Crippen LogP contribution in [-0.2, 0) is 4.79 Å². The Morgan fingerprint density at radius 1 is 1.23 bits per heavy atom. The van der Waals surface area contributed by atoms with Crippen LogP contribution >= 0.6 is 11.6 Å². The lowest BCUT2D eigenvalue weighted by molar-refractivity contribution is -0.122. The summed E-state index contributed by atoms with van der Waals surface area (Å²) in [5.41, 5.74) is -0.777. The molecule has 1 saturated heterocycles. The molecule has 1 aliphatic heterocycles. The molecule has 0 N–H and O–H groups in total. The molecule has 6 heteroatoms. The molecule has 1 aromatic carbocycles. The lowest BCUT2D eigenvalue weighted by atomic mass is 9.89. The maximum absolute atomic E-state index is 15.9. The van der Waals surface area contributed by atoms with E-state index in [1.807, 2.05) is 0 Å². The van der Waals surface area contributed by atoms with Crippen molar-refractivity contribution >= 4 is 23.2 Å². The number of halogens is 3. The van der Waals surface area contributed by atoms with E-state index in [-0.39, 0.29) is 28.8 Å². The largest absolute Gasteiger partial charge is 0.307 e. The van der Waals surface area contributed by atoms with Gasteiger partial charge < -0.3 is 9.80 Å². The van der Waals surface area contributed by atoms with E-state index in [1.54, 1.807) is 0 Å². The van der Waals surface area contributed by atoms with Gasteiger partial charge in [-0.3, -0.25) is 4.79 Å². The molecule has 0 radical (unpaired) electrons. The van der Waals surface area contributed by atoms with Crippen LogP contribution in [0.5, 0.6) is 0 Å². The maximum Gasteiger partial charge on any atom is 0.230 e. The number of anilines is 1. The van der Waals surface area contributed by atoms with Crippen LogP contribution in [0.3, 0.4) is 0 Å². The fraction of sp³-hybridized carbons (Fsp3) is 0.708. The van der Waals surface area contributed by atoms with Crippen molar-refractivity contribution in [3.8, 4) is 0 Å². The van der Waals surface area contributed by atoms with Crippen molar-refractivity contribution in [3.63, 3.8) is 0 Å². The molecule has 3 rings (SSSR count). The van der Waals surface area contributed by atoms with E-state index in [0.717, 1.165) is 38.6 Å². The average Bonchev–Trinajstić information content (AvgIpc) is 3.20. The minimum atomic E-state index is -1.45. The zero-order valence-electron chi connectivity index (χ0n) is 18.5. The molecule has 1 aliphatic carbocycles. The number of piperidine rings is 1. The number of rotatable bonds is 6. The summed E-state index contributed by atoms with van der Waals surface area (Å²) < 4.78 is 29.5. The summed E-state index contributed by atoms with van der Waals surface area (Å²) >= 11 is 6.28. The molecule has 1 aromatic rings. The van der Waals surface area contributed by atoms with Crippen LogP contribution in [0.2, 0.25) is 5.02 Å². The molecule has 0 bridgehead atoms. The fourth-order valence-electron chi connectivity index (χ4n) is 4.49. The fourth-order valence-corrected chi connectivity index (χ4v) is 4.76. The second kappa shape index (κ2) is 9.52. The van der Waals surface area contributed by atoms with Gasteiger partial charge in [0.05, 0.1) is 17.3 Å². The Morgan fingerprint density at radius 2 is 1.87 bits per heavy atom. The van der Waals surface area contributed by atoms with Gasteiger partial charge in [0.1, 0.15) is 11.5 Å². The lowest BCUT2D eigenvalue weighted by Gasteiger charge is -2.40. The van der Waals surface area contributed by atoms with Crippen molar-refractivity contribution in [1.82, 2.24) is 4.90 Å². The number of carbonyl (C=O) groups excluding carboxylic acids is 1. The van der Waals surface area contributed by atoms with Crippen LogP contribution in [0.25, 0.3) is 0 Å². The number of hydrogen-bond donors (Lipinski definition) is 0. The van der Waals surface area contributed by atoms with Gasteiger partial charge in [-0.25, -0.2) is 8.78 Å². The first-order valence-electron chi connectivity index (χ1n) is 11.2. The molecule has 1 saturated carbocycles. The Balaban J connectivity index is 1.72. The summed E-state index contributed by atoms with van der Waals surface area (Å²) in [6.45, 7) is 8.99. The van der Waals surface area contributed by atoms with Crippen LogP contribution < -0.4 is 4.90 Å². The van der Waals surface area contributed by atoms with Crippen LogP contribution in [0, 0.1) is 17.2 Å². The third kappa shape index (κ3) is 6.16. The van der Waals surface area contributed by atoms with Gasteiger partial charge in [-0.05, 0) is 62.3 Å². The molecule has 0 spiro atoms. The molecule has 168 valence electrons. The minimum absolute atomic E-state index is 0.0131. The van der Waals surface area contributed by atoms with Gasteiger partial charge in [0.25, 0.3) is 0 Å². The number of nitrogens with zero attached hydrogens (tertiary/aromatic N) is 2. The highest BCUT2D eigenvalue weighted by Gasteiger charge is 2.40. The van der Waals surface area contributed by atoms with Crippen molar-refractivity contribution in [2.24, 2.45) is 11.3 Å². The second-order valence-corrected chi connectivity index (χ2v) is 10.7. The summed E-state index contributed by atoms with van der Waals surface area (Å²) in [5.74, 6) is -0.631. The van der Waals surface area contributed by atoms with Crippen LogP contribution in [-0.4, -0.2) is 42.7 Å². The highest BCUT2D eigenvalue weighted by Crippen LogP contribution is 2.36. The first kappa shape index (κ1) is 23.5. The smallest absolute Gasteiger partial charge is 0.230 e. The van der Waals surface area contributed by atoms with Crippen LogP contribution in [0.4, 0.5) is 14.5 Å². The Hall–Kier alpha value is -1.20. The first-order chi connectivity index (χ1) is 14.1. The van der Waals surface area contributed by atoms with E-state index in [0.29, 0.717) is 31.6 Å². The number of likely N-dealkylation sites (tertiary alicyclic amines) is 1. The Kier molecular flexibility index (Phi) is 7.44. The normalized spacial score (nSPS) is 20.5. The van der Waals surface area contributed by atoms with Crippen LogP contribution in [0.1, 0.15) is 65.7 Å². The van der Waals surface area contributed by atoms with E-state index < -0.39 is 11.5 Å². The Labute approximate surface area is 184 Å².